The van der Waals surface area contributed by atoms with E-state index in [4.69, 9.17) is 0 Å². The molecule has 21 heavy (non-hydrogen) atoms. The van der Waals surface area contributed by atoms with E-state index in [0.717, 1.165) is 35.8 Å². The standard InChI is InChI=1S/C19H20O2/c20-13-16-11-12-17(21)19(15-9-5-2-6-10-15)18(16)14-7-3-1-4-8-14/h1,3-4,7-8,11-13,15,21H,2,5-6,9-10H2. The predicted molar refractivity (Wildman–Crippen MR) is 84.8 cm³/mol. The van der Waals surface area contributed by atoms with Gasteiger partial charge in [0.2, 0.25) is 0 Å². The quantitative estimate of drug-likeness (QED) is 0.810. The molecule has 1 aliphatic rings. The van der Waals surface area contributed by atoms with Crippen LogP contribution in [0.2, 0.25) is 0 Å². The maximum Gasteiger partial charge on any atom is 0.150 e. The first-order valence-electron chi connectivity index (χ1n) is 7.67. The van der Waals surface area contributed by atoms with Gasteiger partial charge in [-0.25, -0.2) is 0 Å². The molecule has 0 unspecified atom stereocenters. The Balaban J connectivity index is 2.19. The number of rotatable bonds is 3. The van der Waals surface area contributed by atoms with E-state index in [9.17, 15) is 9.90 Å². The number of hydrogen-bond acceptors (Lipinski definition) is 2. The summed E-state index contributed by atoms with van der Waals surface area (Å²) in [5.74, 6) is 0.681. The molecular formula is C19H20O2. The van der Waals surface area contributed by atoms with Crippen LogP contribution in [-0.2, 0) is 0 Å². The van der Waals surface area contributed by atoms with Gasteiger partial charge in [0.25, 0.3) is 0 Å². The minimum absolute atomic E-state index is 0.325. The first-order chi connectivity index (χ1) is 10.3. The first kappa shape index (κ1) is 13.9. The van der Waals surface area contributed by atoms with Crippen molar-refractivity contribution in [3.05, 3.63) is 53.6 Å². The largest absolute Gasteiger partial charge is 0.508 e. The lowest BCUT2D eigenvalue weighted by Gasteiger charge is -2.26. The van der Waals surface area contributed by atoms with Crippen LogP contribution in [-0.4, -0.2) is 11.4 Å². The zero-order chi connectivity index (χ0) is 14.7. The van der Waals surface area contributed by atoms with Crippen molar-refractivity contribution in [3.8, 4) is 16.9 Å². The second kappa shape index (κ2) is 6.13. The number of aldehydes is 1. The Morgan fingerprint density at radius 2 is 1.67 bits per heavy atom. The van der Waals surface area contributed by atoms with Gasteiger partial charge < -0.3 is 5.11 Å². The predicted octanol–water partition coefficient (Wildman–Crippen LogP) is 4.92. The van der Waals surface area contributed by atoms with Gasteiger partial charge in [0.1, 0.15) is 5.75 Å². The van der Waals surface area contributed by atoms with Gasteiger partial charge in [-0.05, 0) is 42.0 Å². The SMILES string of the molecule is O=Cc1ccc(O)c(C2CCCCC2)c1-c1ccccc1. The molecule has 108 valence electrons. The fraction of sp³-hybridized carbons (Fsp3) is 0.316. The Labute approximate surface area is 125 Å². The number of phenolic OH excluding ortho intramolecular Hbond substituents is 1. The van der Waals surface area contributed by atoms with Gasteiger partial charge in [-0.15, -0.1) is 0 Å². The van der Waals surface area contributed by atoms with E-state index < -0.39 is 0 Å². The molecule has 2 aromatic rings. The van der Waals surface area contributed by atoms with Crippen LogP contribution < -0.4 is 0 Å². The Morgan fingerprint density at radius 1 is 0.952 bits per heavy atom. The molecule has 0 radical (unpaired) electrons. The molecule has 0 amide bonds. The fourth-order valence-electron chi connectivity index (χ4n) is 3.46. The number of carbonyl (C=O) groups excluding carboxylic acids is 1. The van der Waals surface area contributed by atoms with E-state index in [-0.39, 0.29) is 0 Å². The number of aromatic hydroxyl groups is 1. The normalized spacial score (nSPS) is 15.8. The molecule has 0 bridgehead atoms. The summed E-state index contributed by atoms with van der Waals surface area (Å²) in [5, 5.41) is 10.4. The Morgan fingerprint density at radius 3 is 2.33 bits per heavy atom. The minimum atomic E-state index is 0.325. The summed E-state index contributed by atoms with van der Waals surface area (Å²) in [6, 6.07) is 13.3. The lowest BCUT2D eigenvalue weighted by molar-refractivity contribution is 0.112. The van der Waals surface area contributed by atoms with E-state index in [2.05, 4.69) is 0 Å². The van der Waals surface area contributed by atoms with Crippen LogP contribution in [0, 0.1) is 0 Å². The third-order valence-corrected chi connectivity index (χ3v) is 4.46. The number of benzene rings is 2. The molecule has 0 aliphatic heterocycles. The number of phenols is 1. The summed E-state index contributed by atoms with van der Waals surface area (Å²) in [6.45, 7) is 0. The summed E-state index contributed by atoms with van der Waals surface area (Å²) in [6.07, 6.45) is 6.75. The van der Waals surface area contributed by atoms with Crippen LogP contribution in [0.25, 0.3) is 11.1 Å². The van der Waals surface area contributed by atoms with Crippen LogP contribution in [0.5, 0.6) is 5.75 Å². The van der Waals surface area contributed by atoms with Crippen LogP contribution in [0.4, 0.5) is 0 Å². The maximum absolute atomic E-state index is 11.5. The van der Waals surface area contributed by atoms with Crippen molar-refractivity contribution in [2.75, 3.05) is 0 Å². The molecular weight excluding hydrogens is 260 g/mol. The second-order valence-electron chi connectivity index (χ2n) is 5.78. The van der Waals surface area contributed by atoms with Crippen molar-refractivity contribution in [2.45, 2.75) is 38.0 Å². The van der Waals surface area contributed by atoms with Gasteiger partial charge in [-0.3, -0.25) is 4.79 Å². The lowest BCUT2D eigenvalue weighted by Crippen LogP contribution is -2.08. The molecule has 2 aromatic carbocycles. The molecule has 1 fully saturated rings. The molecule has 0 atom stereocenters. The van der Waals surface area contributed by atoms with Crippen molar-refractivity contribution < 1.29 is 9.90 Å². The van der Waals surface area contributed by atoms with Crippen molar-refractivity contribution >= 4 is 6.29 Å². The van der Waals surface area contributed by atoms with E-state index in [1.807, 2.05) is 30.3 Å². The van der Waals surface area contributed by atoms with Gasteiger partial charge in [0.05, 0.1) is 0 Å². The van der Waals surface area contributed by atoms with Crippen molar-refractivity contribution in [1.29, 1.82) is 0 Å². The van der Waals surface area contributed by atoms with E-state index >= 15 is 0 Å². The van der Waals surface area contributed by atoms with Gasteiger partial charge >= 0.3 is 0 Å². The molecule has 1 aliphatic carbocycles. The summed E-state index contributed by atoms with van der Waals surface area (Å²) >= 11 is 0. The molecule has 0 saturated heterocycles. The number of hydrogen-bond donors (Lipinski definition) is 1. The van der Waals surface area contributed by atoms with E-state index in [0.29, 0.717) is 17.2 Å². The highest BCUT2D eigenvalue weighted by atomic mass is 16.3. The molecule has 0 spiro atoms. The molecule has 3 rings (SSSR count). The number of carbonyl (C=O) groups is 1. The third kappa shape index (κ3) is 2.71. The zero-order valence-electron chi connectivity index (χ0n) is 12.1. The summed E-state index contributed by atoms with van der Waals surface area (Å²) in [7, 11) is 0. The minimum Gasteiger partial charge on any atom is -0.508 e. The Bertz CT molecular complexity index is 626. The van der Waals surface area contributed by atoms with E-state index in [1.54, 1.807) is 12.1 Å². The van der Waals surface area contributed by atoms with Crippen LogP contribution in [0.15, 0.2) is 42.5 Å². The smallest absolute Gasteiger partial charge is 0.150 e. The zero-order valence-corrected chi connectivity index (χ0v) is 12.1. The van der Waals surface area contributed by atoms with Gasteiger partial charge in [-0.1, -0.05) is 49.6 Å². The van der Waals surface area contributed by atoms with Crippen LogP contribution in [0.1, 0.15) is 53.9 Å². The molecule has 2 nitrogen and oxygen atoms in total. The summed E-state index contributed by atoms with van der Waals surface area (Å²) < 4.78 is 0. The molecule has 1 N–H and O–H groups in total. The molecule has 1 saturated carbocycles. The summed E-state index contributed by atoms with van der Waals surface area (Å²) in [4.78, 5) is 11.5. The molecule has 2 heteroatoms. The highest BCUT2D eigenvalue weighted by Gasteiger charge is 2.24. The highest BCUT2D eigenvalue weighted by molar-refractivity contribution is 5.90. The van der Waals surface area contributed by atoms with Crippen LogP contribution >= 0.6 is 0 Å². The fourth-order valence-corrected chi connectivity index (χ4v) is 3.46. The van der Waals surface area contributed by atoms with Crippen molar-refractivity contribution in [2.24, 2.45) is 0 Å². The third-order valence-electron chi connectivity index (χ3n) is 4.46. The second-order valence-corrected chi connectivity index (χ2v) is 5.78. The van der Waals surface area contributed by atoms with Gasteiger partial charge in [0, 0.05) is 11.1 Å². The topological polar surface area (TPSA) is 37.3 Å². The first-order valence-corrected chi connectivity index (χ1v) is 7.67. The molecule has 0 heterocycles. The average Bonchev–Trinajstić information content (AvgIpc) is 2.56. The van der Waals surface area contributed by atoms with Crippen molar-refractivity contribution in [3.63, 3.8) is 0 Å². The Hall–Kier alpha value is -2.09. The lowest BCUT2D eigenvalue weighted by atomic mass is 9.79. The Kier molecular flexibility index (Phi) is 4.05. The maximum atomic E-state index is 11.5. The van der Waals surface area contributed by atoms with Gasteiger partial charge in [-0.2, -0.15) is 0 Å². The monoisotopic (exact) mass is 280 g/mol. The summed E-state index contributed by atoms with van der Waals surface area (Å²) in [5.41, 5.74) is 3.55. The molecule has 0 aromatic heterocycles. The van der Waals surface area contributed by atoms with Crippen LogP contribution in [0.3, 0.4) is 0 Å². The average molecular weight is 280 g/mol. The van der Waals surface area contributed by atoms with E-state index in [1.165, 1.54) is 19.3 Å². The highest BCUT2D eigenvalue weighted by Crippen LogP contribution is 2.43. The van der Waals surface area contributed by atoms with Crippen molar-refractivity contribution in [1.82, 2.24) is 0 Å². The van der Waals surface area contributed by atoms with Gasteiger partial charge in [0.15, 0.2) is 6.29 Å².